The van der Waals surface area contributed by atoms with E-state index in [2.05, 4.69) is 193 Å². The first-order chi connectivity index (χ1) is 25.7. The largest absolute Gasteiger partial charge is 0.301 e. The van der Waals surface area contributed by atoms with Crippen LogP contribution in [0.1, 0.15) is 5.56 Å². The van der Waals surface area contributed by atoms with Gasteiger partial charge in [-0.3, -0.25) is 0 Å². The highest BCUT2D eigenvalue weighted by molar-refractivity contribution is 7.20. The number of para-hydroxylation sites is 2. The number of anilines is 6. The molecule has 2 nitrogen and oxygen atoms in total. The Hall–Kier alpha value is -6.42. The van der Waals surface area contributed by atoms with Crippen LogP contribution in [0.2, 0.25) is 0 Å². The highest BCUT2D eigenvalue weighted by Crippen LogP contribution is 2.52. The highest BCUT2D eigenvalue weighted by atomic mass is 32.1. The molecule has 11 aromatic rings. The molecule has 0 amide bonds. The zero-order chi connectivity index (χ0) is 34.3. The van der Waals surface area contributed by atoms with Crippen molar-refractivity contribution in [3.8, 4) is 0 Å². The van der Waals surface area contributed by atoms with Gasteiger partial charge in [-0.05, 0) is 109 Å². The Morgan fingerprint density at radius 1 is 0.365 bits per heavy atom. The SMILES string of the molecule is Cc1cc(N(c2ccccc2)c2ccc3ccc4cccc5ccc2c3c45)sc1N(c1ccccc1)c1ccc2ccc3cccc4ccc1c2c34. The van der Waals surface area contributed by atoms with Crippen molar-refractivity contribution in [1.82, 2.24) is 0 Å². The zero-order valence-corrected chi connectivity index (χ0v) is 29.4. The summed E-state index contributed by atoms with van der Waals surface area (Å²) in [6, 6.07) is 64.7. The molecule has 0 atom stereocenters. The Balaban J connectivity index is 1.16. The van der Waals surface area contributed by atoms with E-state index in [1.54, 1.807) is 0 Å². The molecule has 3 heteroatoms. The monoisotopic (exact) mass is 680 g/mol. The van der Waals surface area contributed by atoms with Gasteiger partial charge in [0, 0.05) is 22.1 Å². The Morgan fingerprint density at radius 2 is 0.769 bits per heavy atom. The second kappa shape index (κ2) is 11.3. The van der Waals surface area contributed by atoms with Crippen molar-refractivity contribution >= 4 is 109 Å². The van der Waals surface area contributed by atoms with Crippen molar-refractivity contribution in [3.05, 3.63) is 181 Å². The van der Waals surface area contributed by atoms with Gasteiger partial charge in [0.2, 0.25) is 0 Å². The maximum absolute atomic E-state index is 2.47. The van der Waals surface area contributed by atoms with E-state index in [9.17, 15) is 0 Å². The Morgan fingerprint density at radius 3 is 1.27 bits per heavy atom. The van der Waals surface area contributed by atoms with E-state index in [1.165, 1.54) is 91.6 Å². The Labute approximate surface area is 305 Å². The fraction of sp³-hybridized carbons (Fsp3) is 0.0204. The van der Waals surface area contributed by atoms with Crippen molar-refractivity contribution in [2.75, 3.05) is 9.80 Å². The van der Waals surface area contributed by atoms with Crippen LogP contribution in [0, 0.1) is 6.92 Å². The summed E-state index contributed by atoms with van der Waals surface area (Å²) in [6.45, 7) is 2.26. The van der Waals surface area contributed by atoms with Crippen LogP contribution in [0.25, 0.3) is 64.6 Å². The van der Waals surface area contributed by atoms with Crippen LogP contribution in [-0.4, -0.2) is 0 Å². The number of thiophene rings is 1. The van der Waals surface area contributed by atoms with Gasteiger partial charge in [-0.1, -0.05) is 145 Å². The molecule has 0 fully saturated rings. The summed E-state index contributed by atoms with van der Waals surface area (Å²) in [7, 11) is 0. The molecule has 11 rings (SSSR count). The fourth-order valence-electron chi connectivity index (χ4n) is 8.52. The van der Waals surface area contributed by atoms with Crippen LogP contribution < -0.4 is 9.80 Å². The number of rotatable bonds is 6. The summed E-state index contributed by atoms with van der Waals surface area (Å²) < 4.78 is 0. The van der Waals surface area contributed by atoms with Gasteiger partial charge in [0.05, 0.1) is 11.4 Å². The summed E-state index contributed by atoms with van der Waals surface area (Å²) in [6.07, 6.45) is 0. The molecular weight excluding hydrogens is 649 g/mol. The quantitative estimate of drug-likeness (QED) is 0.161. The molecule has 0 saturated heterocycles. The minimum Gasteiger partial charge on any atom is -0.301 e. The lowest BCUT2D eigenvalue weighted by molar-refractivity contribution is 1.30. The number of nitrogens with zero attached hydrogens (tertiary/aromatic N) is 2. The van der Waals surface area contributed by atoms with Crippen molar-refractivity contribution in [2.24, 2.45) is 0 Å². The fourth-order valence-corrected chi connectivity index (χ4v) is 9.77. The van der Waals surface area contributed by atoms with Crippen molar-refractivity contribution < 1.29 is 0 Å². The van der Waals surface area contributed by atoms with Gasteiger partial charge in [-0.2, -0.15) is 0 Å². The standard InChI is InChI=1S/C49H32N2S/c1-31-30-44(50(38-14-4-2-5-15-38)42-28-24-36-20-18-32-10-8-12-34-22-26-40(42)47(36)45(32)34)52-49(31)51(39-16-6-3-7-17-39)43-29-25-37-21-19-33-11-9-13-35-23-27-41(43)48(37)46(33)35/h2-30H,1H3. The van der Waals surface area contributed by atoms with Gasteiger partial charge in [-0.25, -0.2) is 0 Å². The molecule has 52 heavy (non-hydrogen) atoms. The van der Waals surface area contributed by atoms with Gasteiger partial charge >= 0.3 is 0 Å². The van der Waals surface area contributed by atoms with E-state index in [0.29, 0.717) is 0 Å². The normalized spacial score (nSPS) is 11.9. The Kier molecular flexibility index (Phi) is 6.37. The van der Waals surface area contributed by atoms with E-state index in [1.807, 2.05) is 11.3 Å². The van der Waals surface area contributed by atoms with Gasteiger partial charge in [0.1, 0.15) is 10.0 Å². The average Bonchev–Trinajstić information content (AvgIpc) is 3.57. The summed E-state index contributed by atoms with van der Waals surface area (Å²) in [5, 5.41) is 17.8. The minimum atomic E-state index is 1.14. The lowest BCUT2D eigenvalue weighted by Gasteiger charge is -2.28. The highest BCUT2D eigenvalue weighted by Gasteiger charge is 2.25. The molecule has 10 aromatic carbocycles. The van der Waals surface area contributed by atoms with Crippen LogP contribution in [0.5, 0.6) is 0 Å². The molecule has 0 unspecified atom stereocenters. The number of hydrogen-bond donors (Lipinski definition) is 0. The summed E-state index contributed by atoms with van der Waals surface area (Å²) >= 11 is 1.85. The molecule has 0 saturated carbocycles. The summed E-state index contributed by atoms with van der Waals surface area (Å²) in [5.74, 6) is 0. The van der Waals surface area contributed by atoms with Gasteiger partial charge < -0.3 is 9.80 Å². The van der Waals surface area contributed by atoms with Gasteiger partial charge in [-0.15, -0.1) is 0 Å². The average molecular weight is 681 g/mol. The van der Waals surface area contributed by atoms with Crippen LogP contribution in [0.4, 0.5) is 32.8 Å². The first-order valence-corrected chi connectivity index (χ1v) is 18.7. The third kappa shape index (κ3) is 4.30. The first kappa shape index (κ1) is 29.3. The van der Waals surface area contributed by atoms with E-state index < -0.39 is 0 Å². The van der Waals surface area contributed by atoms with Gasteiger partial charge in [0.15, 0.2) is 0 Å². The molecule has 0 bridgehead atoms. The summed E-state index contributed by atoms with van der Waals surface area (Å²) in [4.78, 5) is 4.93. The lowest BCUT2D eigenvalue weighted by atomic mass is 9.93. The molecule has 0 aliphatic rings. The van der Waals surface area contributed by atoms with Crippen molar-refractivity contribution in [3.63, 3.8) is 0 Å². The van der Waals surface area contributed by atoms with E-state index in [-0.39, 0.29) is 0 Å². The molecule has 1 aromatic heterocycles. The number of hydrogen-bond acceptors (Lipinski definition) is 3. The van der Waals surface area contributed by atoms with Gasteiger partial charge in [0.25, 0.3) is 0 Å². The van der Waals surface area contributed by atoms with Crippen molar-refractivity contribution in [1.29, 1.82) is 0 Å². The van der Waals surface area contributed by atoms with Crippen LogP contribution in [-0.2, 0) is 0 Å². The van der Waals surface area contributed by atoms with E-state index in [0.717, 1.165) is 11.4 Å². The summed E-state index contributed by atoms with van der Waals surface area (Å²) in [5.41, 5.74) is 5.87. The molecule has 0 aliphatic carbocycles. The second-order valence-corrected chi connectivity index (χ2v) is 14.8. The van der Waals surface area contributed by atoms with Crippen LogP contribution in [0.15, 0.2) is 176 Å². The maximum Gasteiger partial charge on any atom is 0.105 e. The predicted octanol–water partition coefficient (Wildman–Crippen LogP) is 14.8. The van der Waals surface area contributed by atoms with E-state index >= 15 is 0 Å². The topological polar surface area (TPSA) is 6.48 Å². The molecule has 0 N–H and O–H groups in total. The minimum absolute atomic E-state index is 1.14. The maximum atomic E-state index is 2.47. The lowest BCUT2D eigenvalue weighted by Crippen LogP contribution is -2.10. The molecule has 0 radical (unpaired) electrons. The predicted molar refractivity (Wildman–Crippen MR) is 226 cm³/mol. The van der Waals surface area contributed by atoms with Crippen molar-refractivity contribution in [2.45, 2.75) is 6.92 Å². The van der Waals surface area contributed by atoms with E-state index in [4.69, 9.17) is 0 Å². The van der Waals surface area contributed by atoms with Crippen LogP contribution in [0.3, 0.4) is 0 Å². The first-order valence-electron chi connectivity index (χ1n) is 17.9. The molecule has 0 aliphatic heterocycles. The second-order valence-electron chi connectivity index (χ2n) is 13.8. The smallest absolute Gasteiger partial charge is 0.105 e. The Bertz CT molecular complexity index is 3060. The zero-order valence-electron chi connectivity index (χ0n) is 28.5. The third-order valence-corrected chi connectivity index (χ3v) is 12.0. The number of benzene rings is 10. The van der Waals surface area contributed by atoms with Crippen LogP contribution >= 0.6 is 11.3 Å². The molecule has 244 valence electrons. The molecular formula is C49H32N2S. The molecule has 0 spiro atoms. The number of aryl methyl sites for hydroxylation is 1. The third-order valence-electron chi connectivity index (χ3n) is 10.8. The molecule has 1 heterocycles.